The SMILES string of the molecule is Cc1cc(C)c2c(C(=O)O)c3n(c2c1)CCNC3. The largest absolute Gasteiger partial charge is 0.478 e. The number of carbonyl (C=O) groups is 1. The number of carboxylic acids is 1. The maximum atomic E-state index is 11.5. The summed E-state index contributed by atoms with van der Waals surface area (Å²) >= 11 is 0. The molecule has 0 atom stereocenters. The van der Waals surface area contributed by atoms with Crippen LogP contribution in [0.1, 0.15) is 27.2 Å². The van der Waals surface area contributed by atoms with Crippen molar-refractivity contribution in [3.63, 3.8) is 0 Å². The lowest BCUT2D eigenvalue weighted by Gasteiger charge is -2.17. The van der Waals surface area contributed by atoms with Crippen molar-refractivity contribution in [3.8, 4) is 0 Å². The minimum Gasteiger partial charge on any atom is -0.478 e. The normalized spacial score (nSPS) is 14.8. The molecule has 4 nitrogen and oxygen atoms in total. The highest BCUT2D eigenvalue weighted by atomic mass is 16.4. The van der Waals surface area contributed by atoms with Gasteiger partial charge in [0.05, 0.1) is 5.56 Å². The minimum absolute atomic E-state index is 0.467. The van der Waals surface area contributed by atoms with Gasteiger partial charge in [0.15, 0.2) is 0 Å². The molecule has 0 spiro atoms. The summed E-state index contributed by atoms with van der Waals surface area (Å²) in [5.74, 6) is -0.829. The summed E-state index contributed by atoms with van der Waals surface area (Å²) in [6.45, 7) is 6.40. The fourth-order valence-corrected chi connectivity index (χ4v) is 2.98. The van der Waals surface area contributed by atoms with E-state index in [-0.39, 0.29) is 0 Å². The van der Waals surface area contributed by atoms with Crippen LogP contribution in [0.15, 0.2) is 12.1 Å². The Bertz CT molecular complexity index is 656. The van der Waals surface area contributed by atoms with E-state index in [9.17, 15) is 9.90 Å². The van der Waals surface area contributed by atoms with Crippen LogP contribution >= 0.6 is 0 Å². The zero-order valence-electron chi connectivity index (χ0n) is 10.6. The molecule has 2 N–H and O–H groups in total. The van der Waals surface area contributed by atoms with E-state index in [4.69, 9.17) is 0 Å². The van der Waals surface area contributed by atoms with Gasteiger partial charge in [-0.05, 0) is 31.0 Å². The molecule has 0 radical (unpaired) electrons. The highest BCUT2D eigenvalue weighted by Crippen LogP contribution is 2.31. The van der Waals surface area contributed by atoms with Crippen LogP contribution in [0.2, 0.25) is 0 Å². The molecule has 18 heavy (non-hydrogen) atoms. The Morgan fingerprint density at radius 1 is 1.39 bits per heavy atom. The maximum Gasteiger partial charge on any atom is 0.338 e. The molecule has 94 valence electrons. The lowest BCUT2D eigenvalue weighted by Crippen LogP contribution is -2.28. The maximum absolute atomic E-state index is 11.5. The number of aromatic nitrogens is 1. The highest BCUT2D eigenvalue weighted by Gasteiger charge is 2.24. The number of hydrogen-bond acceptors (Lipinski definition) is 2. The van der Waals surface area contributed by atoms with Crippen LogP contribution < -0.4 is 5.32 Å². The van der Waals surface area contributed by atoms with Crippen LogP contribution in [0.3, 0.4) is 0 Å². The van der Waals surface area contributed by atoms with E-state index in [1.165, 1.54) is 5.56 Å². The molecule has 2 heterocycles. The topological polar surface area (TPSA) is 54.3 Å². The van der Waals surface area contributed by atoms with Crippen molar-refractivity contribution in [1.29, 1.82) is 0 Å². The molecule has 0 saturated heterocycles. The first kappa shape index (κ1) is 11.3. The summed E-state index contributed by atoms with van der Waals surface area (Å²) in [6.07, 6.45) is 0. The second kappa shape index (κ2) is 3.85. The third-order valence-corrected chi connectivity index (χ3v) is 3.63. The van der Waals surface area contributed by atoms with Crippen LogP contribution in [0, 0.1) is 13.8 Å². The van der Waals surface area contributed by atoms with Crippen molar-refractivity contribution in [1.82, 2.24) is 9.88 Å². The first-order chi connectivity index (χ1) is 8.59. The minimum atomic E-state index is -0.829. The molecule has 0 amide bonds. The molecule has 4 heteroatoms. The Balaban J connectivity index is 2.47. The molecule has 2 aromatic rings. The molecule has 1 aromatic carbocycles. The van der Waals surface area contributed by atoms with Crippen molar-refractivity contribution in [2.45, 2.75) is 26.9 Å². The number of carboxylic acid groups (broad SMARTS) is 1. The van der Waals surface area contributed by atoms with Crippen molar-refractivity contribution < 1.29 is 9.90 Å². The van der Waals surface area contributed by atoms with Gasteiger partial charge in [-0.15, -0.1) is 0 Å². The van der Waals surface area contributed by atoms with E-state index in [1.807, 2.05) is 19.9 Å². The number of benzene rings is 1. The summed E-state index contributed by atoms with van der Waals surface area (Å²) < 4.78 is 2.15. The molecule has 0 bridgehead atoms. The van der Waals surface area contributed by atoms with Gasteiger partial charge >= 0.3 is 5.97 Å². The fourth-order valence-electron chi connectivity index (χ4n) is 2.98. The Morgan fingerprint density at radius 3 is 2.89 bits per heavy atom. The highest BCUT2D eigenvalue weighted by molar-refractivity contribution is 6.06. The zero-order valence-corrected chi connectivity index (χ0v) is 10.6. The molecule has 0 saturated carbocycles. The Hall–Kier alpha value is -1.81. The predicted octanol–water partition coefficient (Wildman–Crippen LogP) is 2.06. The van der Waals surface area contributed by atoms with Crippen LogP contribution in [0.4, 0.5) is 0 Å². The summed E-state index contributed by atoms with van der Waals surface area (Å²) in [6, 6.07) is 4.14. The summed E-state index contributed by atoms with van der Waals surface area (Å²) in [7, 11) is 0. The van der Waals surface area contributed by atoms with Gasteiger partial charge in [-0.3, -0.25) is 0 Å². The first-order valence-electron chi connectivity index (χ1n) is 6.16. The number of nitrogens with one attached hydrogen (secondary N) is 1. The van der Waals surface area contributed by atoms with Crippen molar-refractivity contribution in [2.24, 2.45) is 0 Å². The second-order valence-electron chi connectivity index (χ2n) is 4.93. The first-order valence-corrected chi connectivity index (χ1v) is 6.16. The van der Waals surface area contributed by atoms with E-state index in [2.05, 4.69) is 16.0 Å². The lowest BCUT2D eigenvalue weighted by molar-refractivity contribution is 0.0697. The molecule has 1 aliphatic heterocycles. The van der Waals surface area contributed by atoms with Crippen LogP contribution in [0.25, 0.3) is 10.9 Å². The summed E-state index contributed by atoms with van der Waals surface area (Å²) in [5.41, 5.74) is 4.65. The van der Waals surface area contributed by atoms with Gasteiger partial charge in [0.1, 0.15) is 0 Å². The number of hydrogen-bond donors (Lipinski definition) is 2. The summed E-state index contributed by atoms with van der Waals surface area (Å²) in [4.78, 5) is 11.5. The molecule has 1 aromatic heterocycles. The molecule has 0 fully saturated rings. The molecular formula is C14H16N2O2. The molecular weight excluding hydrogens is 228 g/mol. The smallest absolute Gasteiger partial charge is 0.338 e. The van der Waals surface area contributed by atoms with Gasteiger partial charge in [-0.25, -0.2) is 4.79 Å². The molecule has 0 aliphatic carbocycles. The number of nitrogens with zero attached hydrogens (tertiary/aromatic N) is 1. The quantitative estimate of drug-likeness (QED) is 0.807. The standard InChI is InChI=1S/C14H16N2O2/c1-8-5-9(2)12-10(6-8)16-4-3-15-7-11(16)13(12)14(17)18/h5-6,15H,3-4,7H2,1-2H3,(H,17,18). The van der Waals surface area contributed by atoms with Crippen LogP contribution in [-0.4, -0.2) is 22.2 Å². The Kier molecular flexibility index (Phi) is 2.41. The van der Waals surface area contributed by atoms with E-state index in [0.717, 1.165) is 35.2 Å². The molecule has 0 unspecified atom stereocenters. The molecule has 3 rings (SSSR count). The third kappa shape index (κ3) is 1.46. The second-order valence-corrected chi connectivity index (χ2v) is 4.93. The van der Waals surface area contributed by atoms with Crippen LogP contribution in [-0.2, 0) is 13.1 Å². The van der Waals surface area contributed by atoms with Gasteiger partial charge in [-0.2, -0.15) is 0 Å². The van der Waals surface area contributed by atoms with Gasteiger partial charge in [0.2, 0.25) is 0 Å². The lowest BCUT2D eigenvalue weighted by atomic mass is 10.0. The average Bonchev–Trinajstić information content (AvgIpc) is 2.64. The van der Waals surface area contributed by atoms with Crippen LogP contribution in [0.5, 0.6) is 0 Å². The van der Waals surface area contributed by atoms with Gasteiger partial charge in [0.25, 0.3) is 0 Å². The molecule has 1 aliphatic rings. The van der Waals surface area contributed by atoms with Crippen molar-refractivity contribution in [2.75, 3.05) is 6.54 Å². The number of rotatable bonds is 1. The van der Waals surface area contributed by atoms with E-state index < -0.39 is 5.97 Å². The van der Waals surface area contributed by atoms with Crippen molar-refractivity contribution >= 4 is 16.9 Å². The van der Waals surface area contributed by atoms with E-state index in [1.54, 1.807) is 0 Å². The fraction of sp³-hybridized carbons (Fsp3) is 0.357. The van der Waals surface area contributed by atoms with Crippen molar-refractivity contribution in [3.05, 3.63) is 34.5 Å². The Morgan fingerprint density at radius 2 is 2.17 bits per heavy atom. The predicted molar refractivity (Wildman–Crippen MR) is 70.1 cm³/mol. The number of aryl methyl sites for hydroxylation is 2. The summed E-state index contributed by atoms with van der Waals surface area (Å²) in [5, 5.41) is 13.6. The number of fused-ring (bicyclic) bond motifs is 3. The van der Waals surface area contributed by atoms with E-state index in [0.29, 0.717) is 12.1 Å². The van der Waals surface area contributed by atoms with E-state index >= 15 is 0 Å². The van der Waals surface area contributed by atoms with Gasteiger partial charge in [-0.1, -0.05) is 6.07 Å². The number of aromatic carboxylic acids is 1. The average molecular weight is 244 g/mol. The zero-order chi connectivity index (χ0) is 12.9. The Labute approximate surface area is 105 Å². The van der Waals surface area contributed by atoms with Gasteiger partial charge < -0.3 is 15.0 Å². The van der Waals surface area contributed by atoms with Gasteiger partial charge in [0, 0.05) is 36.2 Å². The third-order valence-electron chi connectivity index (χ3n) is 3.63. The monoisotopic (exact) mass is 244 g/mol.